The minimum absolute atomic E-state index is 0.0998. The van der Waals surface area contributed by atoms with Crippen molar-refractivity contribution in [3.05, 3.63) is 104 Å². The maximum absolute atomic E-state index is 16.2. The van der Waals surface area contributed by atoms with Crippen LogP contribution in [-0.2, 0) is 25.4 Å². The molecule has 1 aromatic heterocycles. The van der Waals surface area contributed by atoms with E-state index in [1.807, 2.05) is 0 Å². The van der Waals surface area contributed by atoms with Crippen LogP contribution in [0.4, 0.5) is 14.5 Å². The van der Waals surface area contributed by atoms with E-state index in [0.717, 1.165) is 9.13 Å². The number of anilines is 1. The van der Waals surface area contributed by atoms with Crippen LogP contribution >= 0.6 is 0 Å². The number of aromatic nitrogens is 2. The van der Waals surface area contributed by atoms with Crippen LogP contribution in [0, 0.1) is 18.6 Å². The number of methoxy groups -OCH3 is 1. The Hall–Kier alpha value is -4.65. The lowest BCUT2D eigenvalue weighted by Crippen LogP contribution is -2.46. The highest BCUT2D eigenvalue weighted by Crippen LogP contribution is 2.37. The van der Waals surface area contributed by atoms with Crippen molar-refractivity contribution in [1.82, 2.24) is 14.5 Å². The van der Waals surface area contributed by atoms with Gasteiger partial charge in [0.05, 0.1) is 19.8 Å². The monoisotopic (exact) mass is 620 g/mol. The molecule has 10 nitrogen and oxygen atoms in total. The number of benzene rings is 3. The number of carbonyl (C=O) groups excluding carboxylic acids is 1. The second-order valence-corrected chi connectivity index (χ2v) is 11.0. The highest BCUT2D eigenvalue weighted by atomic mass is 19.1. The van der Waals surface area contributed by atoms with Gasteiger partial charge in [-0.2, -0.15) is 0 Å². The van der Waals surface area contributed by atoms with E-state index in [-0.39, 0.29) is 52.8 Å². The molecule has 0 spiro atoms. The highest BCUT2D eigenvalue weighted by molar-refractivity contribution is 6.04. The van der Waals surface area contributed by atoms with E-state index >= 15 is 8.78 Å². The predicted molar refractivity (Wildman–Crippen MR) is 165 cm³/mol. The maximum Gasteiger partial charge on any atom is 0.330 e. The van der Waals surface area contributed by atoms with E-state index in [1.54, 1.807) is 49.4 Å². The smallest absolute Gasteiger partial charge is 0.330 e. The molecule has 3 aromatic carbocycles. The molecule has 4 aromatic rings. The zero-order chi connectivity index (χ0) is 32.4. The standard InChI is InChI=1S/C33H34F2N4O6/c1-18-20(7-6-10-26(18)37-31(41)24-16-38(2)33(43)39(3)32(24)42)22-9-5-8-21(30(22)35)19-13-25(34)23(29(14-19)44-4)15-36-27-11-12-45-17-28(27)40/h5-10,13-14,16,27-28,36,40H,11-12,15,17H2,1-4H3,(H,37,41)/t27-,28+/m1/s1. The molecule has 3 N–H and O–H groups in total. The van der Waals surface area contributed by atoms with Crippen LogP contribution in [0.2, 0.25) is 0 Å². The van der Waals surface area contributed by atoms with Gasteiger partial charge in [0.1, 0.15) is 22.9 Å². The predicted octanol–water partition coefficient (Wildman–Crippen LogP) is 3.50. The van der Waals surface area contributed by atoms with Gasteiger partial charge < -0.3 is 29.8 Å². The molecule has 1 aliphatic heterocycles. The fourth-order valence-electron chi connectivity index (χ4n) is 5.49. The van der Waals surface area contributed by atoms with Crippen molar-refractivity contribution < 1.29 is 28.2 Å². The number of aliphatic hydroxyl groups excluding tert-OH is 1. The van der Waals surface area contributed by atoms with Crippen molar-refractivity contribution >= 4 is 11.6 Å². The summed E-state index contributed by atoms with van der Waals surface area (Å²) in [6.07, 6.45) is 1.04. The van der Waals surface area contributed by atoms with Crippen LogP contribution in [-0.4, -0.2) is 52.6 Å². The molecule has 2 atom stereocenters. The van der Waals surface area contributed by atoms with Gasteiger partial charge in [-0.1, -0.05) is 30.3 Å². The average molecular weight is 621 g/mol. The molecule has 236 valence electrons. The second-order valence-electron chi connectivity index (χ2n) is 11.0. The van der Waals surface area contributed by atoms with Gasteiger partial charge in [-0.3, -0.25) is 14.2 Å². The van der Waals surface area contributed by atoms with Crippen molar-refractivity contribution in [3.63, 3.8) is 0 Å². The molecular formula is C33H34F2N4O6. The third kappa shape index (κ3) is 6.30. The highest BCUT2D eigenvalue weighted by Gasteiger charge is 2.25. The van der Waals surface area contributed by atoms with E-state index in [4.69, 9.17) is 9.47 Å². The Bertz CT molecular complexity index is 1890. The normalized spacial score (nSPS) is 16.4. The number of hydrogen-bond acceptors (Lipinski definition) is 7. The first kappa shape index (κ1) is 31.8. The molecule has 1 saturated heterocycles. The number of nitrogens with zero attached hydrogens (tertiary/aromatic N) is 2. The van der Waals surface area contributed by atoms with Crippen LogP contribution in [0.3, 0.4) is 0 Å². The lowest BCUT2D eigenvalue weighted by Gasteiger charge is -2.29. The summed E-state index contributed by atoms with van der Waals surface area (Å²) in [6.45, 7) is 2.50. The fourth-order valence-corrected chi connectivity index (χ4v) is 5.49. The molecule has 0 saturated carbocycles. The van der Waals surface area contributed by atoms with Crippen molar-refractivity contribution in [1.29, 1.82) is 0 Å². The van der Waals surface area contributed by atoms with Crippen molar-refractivity contribution in [2.75, 3.05) is 25.6 Å². The second kappa shape index (κ2) is 13.1. The van der Waals surface area contributed by atoms with Crippen molar-refractivity contribution in [2.45, 2.75) is 32.0 Å². The summed E-state index contributed by atoms with van der Waals surface area (Å²) in [7, 11) is 4.13. The topological polar surface area (TPSA) is 124 Å². The quantitative estimate of drug-likeness (QED) is 0.276. The summed E-state index contributed by atoms with van der Waals surface area (Å²) >= 11 is 0. The zero-order valence-corrected chi connectivity index (χ0v) is 25.3. The van der Waals surface area contributed by atoms with Gasteiger partial charge in [0.15, 0.2) is 0 Å². The third-order valence-electron chi connectivity index (χ3n) is 8.11. The zero-order valence-electron chi connectivity index (χ0n) is 25.3. The van der Waals surface area contributed by atoms with Crippen LogP contribution in [0.5, 0.6) is 5.75 Å². The first-order chi connectivity index (χ1) is 21.5. The van der Waals surface area contributed by atoms with E-state index in [0.29, 0.717) is 29.8 Å². The Labute approximate surface area is 257 Å². The van der Waals surface area contributed by atoms with Crippen LogP contribution in [0.15, 0.2) is 64.3 Å². The molecule has 1 aliphatic rings. The molecule has 12 heteroatoms. The molecule has 2 heterocycles. The Balaban J connectivity index is 1.45. The first-order valence-electron chi connectivity index (χ1n) is 14.3. The fraction of sp³-hybridized carbons (Fsp3) is 0.303. The number of ether oxygens (including phenoxy) is 2. The van der Waals surface area contributed by atoms with E-state index < -0.39 is 34.9 Å². The van der Waals surface area contributed by atoms with Gasteiger partial charge >= 0.3 is 5.69 Å². The van der Waals surface area contributed by atoms with E-state index in [1.165, 1.54) is 33.5 Å². The molecule has 0 radical (unpaired) electrons. The largest absolute Gasteiger partial charge is 0.496 e. The number of nitrogens with one attached hydrogen (secondary N) is 2. The summed E-state index contributed by atoms with van der Waals surface area (Å²) in [5, 5.41) is 16.0. The average Bonchev–Trinajstić information content (AvgIpc) is 3.02. The number of aliphatic hydroxyl groups is 1. The van der Waals surface area contributed by atoms with E-state index in [9.17, 15) is 19.5 Å². The molecule has 0 unspecified atom stereocenters. The molecular weight excluding hydrogens is 586 g/mol. The van der Waals surface area contributed by atoms with Crippen LogP contribution < -0.4 is 26.6 Å². The minimum atomic E-state index is -0.742. The van der Waals surface area contributed by atoms with Gasteiger partial charge in [-0.05, 0) is 48.2 Å². The Kier molecular flexibility index (Phi) is 9.28. The lowest BCUT2D eigenvalue weighted by molar-refractivity contribution is -0.0281. The SMILES string of the molecule is COc1cc(-c2cccc(-c3cccc(NC(=O)c4cn(C)c(=O)n(C)c4=O)c3C)c2F)cc(F)c1CN[C@@H]1CCOC[C@@H]1O. The van der Waals surface area contributed by atoms with Crippen LogP contribution in [0.1, 0.15) is 27.9 Å². The number of carbonyl (C=O) groups is 1. The molecule has 0 aliphatic carbocycles. The number of hydrogen-bond donors (Lipinski definition) is 3. The lowest BCUT2D eigenvalue weighted by atomic mass is 9.94. The minimum Gasteiger partial charge on any atom is -0.496 e. The third-order valence-corrected chi connectivity index (χ3v) is 8.11. The number of amides is 1. The molecule has 5 rings (SSSR count). The Morgan fingerprint density at radius 1 is 1.09 bits per heavy atom. The Morgan fingerprint density at radius 3 is 2.53 bits per heavy atom. The number of rotatable bonds is 8. The first-order valence-corrected chi connectivity index (χ1v) is 14.3. The number of aryl methyl sites for hydroxylation is 1. The van der Waals surface area contributed by atoms with Crippen molar-refractivity contribution in [3.8, 4) is 28.0 Å². The van der Waals surface area contributed by atoms with Gasteiger partial charge in [0.25, 0.3) is 11.5 Å². The van der Waals surface area contributed by atoms with E-state index in [2.05, 4.69) is 10.6 Å². The van der Waals surface area contributed by atoms with Gasteiger partial charge in [0, 0.05) is 61.9 Å². The molecule has 0 bridgehead atoms. The summed E-state index contributed by atoms with van der Waals surface area (Å²) in [5.41, 5.74) is 0.707. The molecule has 45 heavy (non-hydrogen) atoms. The van der Waals surface area contributed by atoms with Gasteiger partial charge in [0.2, 0.25) is 0 Å². The van der Waals surface area contributed by atoms with Crippen molar-refractivity contribution in [2.24, 2.45) is 14.1 Å². The molecule has 1 amide bonds. The Morgan fingerprint density at radius 2 is 1.80 bits per heavy atom. The summed E-state index contributed by atoms with van der Waals surface area (Å²) < 4.78 is 44.3. The number of halogens is 2. The summed E-state index contributed by atoms with van der Waals surface area (Å²) in [4.78, 5) is 37.6. The van der Waals surface area contributed by atoms with Gasteiger partial charge in [-0.25, -0.2) is 13.6 Å². The summed E-state index contributed by atoms with van der Waals surface area (Å²) in [6, 6.07) is 12.3. The summed E-state index contributed by atoms with van der Waals surface area (Å²) in [5.74, 6) is -1.68. The van der Waals surface area contributed by atoms with Gasteiger partial charge in [-0.15, -0.1) is 0 Å². The maximum atomic E-state index is 16.2. The molecule has 1 fully saturated rings. The van der Waals surface area contributed by atoms with Crippen LogP contribution in [0.25, 0.3) is 22.3 Å².